The summed E-state index contributed by atoms with van der Waals surface area (Å²) < 4.78 is 0. The second-order valence-electron chi connectivity index (χ2n) is 4.69. The number of carbonyl (C=O) groups is 2. The monoisotopic (exact) mass is 263 g/mol. The summed E-state index contributed by atoms with van der Waals surface area (Å²) >= 11 is 0. The Labute approximate surface area is 111 Å². The van der Waals surface area contributed by atoms with Crippen LogP contribution in [0, 0.1) is 0 Å². The van der Waals surface area contributed by atoms with E-state index in [1.165, 1.54) is 9.91 Å². The van der Waals surface area contributed by atoms with Gasteiger partial charge in [0.1, 0.15) is 0 Å². The Balaban J connectivity index is 2.32. The highest BCUT2D eigenvalue weighted by Crippen LogP contribution is 2.29. The van der Waals surface area contributed by atoms with Crippen LogP contribution in [-0.4, -0.2) is 47.7 Å². The Morgan fingerprint density at radius 3 is 2.68 bits per heavy atom. The Kier molecular flexibility index (Phi) is 3.71. The van der Waals surface area contributed by atoms with Crippen molar-refractivity contribution in [3.63, 3.8) is 0 Å². The standard InChI is InChI=1S/C13H17N3O3/c1-15(2)14-13(19)16-8-7-9-5-3-4-6-10(9)11(16)12(17)18/h3-6,11H,7-8H2,1-2H3,(H,14,19)(H,17,18). The third kappa shape index (κ3) is 2.68. The van der Waals surface area contributed by atoms with Crippen LogP contribution in [0.1, 0.15) is 17.2 Å². The van der Waals surface area contributed by atoms with E-state index in [0.717, 1.165) is 5.56 Å². The maximum absolute atomic E-state index is 12.0. The highest BCUT2D eigenvalue weighted by molar-refractivity contribution is 5.84. The zero-order valence-electron chi connectivity index (χ0n) is 11.0. The van der Waals surface area contributed by atoms with Gasteiger partial charge in [0, 0.05) is 20.6 Å². The molecule has 0 saturated carbocycles. The molecule has 1 aromatic carbocycles. The minimum absolute atomic E-state index is 0.396. The summed E-state index contributed by atoms with van der Waals surface area (Å²) in [7, 11) is 3.37. The van der Waals surface area contributed by atoms with Crippen molar-refractivity contribution in [2.75, 3.05) is 20.6 Å². The number of hydrogen-bond acceptors (Lipinski definition) is 3. The lowest BCUT2D eigenvalue weighted by Gasteiger charge is -2.35. The molecule has 6 nitrogen and oxygen atoms in total. The van der Waals surface area contributed by atoms with Crippen molar-refractivity contribution in [3.05, 3.63) is 35.4 Å². The highest BCUT2D eigenvalue weighted by Gasteiger charge is 2.35. The molecule has 0 spiro atoms. The maximum atomic E-state index is 12.0. The van der Waals surface area contributed by atoms with Crippen molar-refractivity contribution >= 4 is 12.0 Å². The number of nitrogens with one attached hydrogen (secondary N) is 1. The number of carboxylic acid groups (broad SMARTS) is 1. The van der Waals surface area contributed by atoms with Gasteiger partial charge < -0.3 is 10.0 Å². The number of amides is 2. The minimum Gasteiger partial charge on any atom is -0.479 e. The van der Waals surface area contributed by atoms with Gasteiger partial charge in [-0.15, -0.1) is 0 Å². The van der Waals surface area contributed by atoms with Crippen LogP contribution in [0.25, 0.3) is 0 Å². The summed E-state index contributed by atoms with van der Waals surface area (Å²) in [6, 6.07) is 6.03. The summed E-state index contributed by atoms with van der Waals surface area (Å²) in [5, 5.41) is 10.9. The van der Waals surface area contributed by atoms with E-state index in [4.69, 9.17) is 0 Å². The third-order valence-corrected chi connectivity index (χ3v) is 3.10. The SMILES string of the molecule is CN(C)NC(=O)N1CCc2ccccc2C1C(=O)O. The summed E-state index contributed by atoms with van der Waals surface area (Å²) in [4.78, 5) is 24.9. The van der Waals surface area contributed by atoms with Gasteiger partial charge >= 0.3 is 12.0 Å². The summed E-state index contributed by atoms with van der Waals surface area (Å²) in [5.74, 6) is -1.01. The van der Waals surface area contributed by atoms with Gasteiger partial charge in [0.2, 0.25) is 0 Å². The molecule has 0 fully saturated rings. The zero-order valence-corrected chi connectivity index (χ0v) is 11.0. The highest BCUT2D eigenvalue weighted by atomic mass is 16.4. The number of fused-ring (bicyclic) bond motifs is 1. The predicted octanol–water partition coefficient (Wildman–Crippen LogP) is 0.857. The fraction of sp³-hybridized carbons (Fsp3) is 0.385. The quantitative estimate of drug-likeness (QED) is 0.776. The smallest absolute Gasteiger partial charge is 0.332 e. The van der Waals surface area contributed by atoms with Crippen molar-refractivity contribution < 1.29 is 14.7 Å². The van der Waals surface area contributed by atoms with Gasteiger partial charge in [-0.05, 0) is 17.5 Å². The number of hydrogen-bond donors (Lipinski definition) is 2. The van der Waals surface area contributed by atoms with Gasteiger partial charge in [0.05, 0.1) is 0 Å². The maximum Gasteiger partial charge on any atom is 0.332 e. The van der Waals surface area contributed by atoms with E-state index in [1.54, 1.807) is 26.2 Å². The number of rotatable bonds is 2. The summed E-state index contributed by atoms with van der Waals surface area (Å²) in [6.45, 7) is 0.396. The molecule has 1 heterocycles. The number of urea groups is 1. The molecule has 0 saturated heterocycles. The molecule has 0 bridgehead atoms. The van der Waals surface area contributed by atoms with Crippen LogP contribution in [-0.2, 0) is 11.2 Å². The van der Waals surface area contributed by atoms with E-state index < -0.39 is 18.0 Å². The lowest BCUT2D eigenvalue weighted by molar-refractivity contribution is -0.142. The Hall–Kier alpha value is -2.08. The first-order chi connectivity index (χ1) is 9.00. The predicted molar refractivity (Wildman–Crippen MR) is 69.4 cm³/mol. The Morgan fingerprint density at radius 1 is 1.37 bits per heavy atom. The Bertz CT molecular complexity index is 502. The van der Waals surface area contributed by atoms with Gasteiger partial charge in [-0.2, -0.15) is 0 Å². The van der Waals surface area contributed by atoms with Gasteiger partial charge in [0.25, 0.3) is 0 Å². The first kappa shape index (κ1) is 13.4. The second-order valence-corrected chi connectivity index (χ2v) is 4.69. The van der Waals surface area contributed by atoms with Crippen LogP contribution in [0.4, 0.5) is 4.79 Å². The topological polar surface area (TPSA) is 72.9 Å². The normalized spacial score (nSPS) is 18.1. The molecule has 1 aromatic rings. The van der Waals surface area contributed by atoms with Crippen molar-refractivity contribution in [1.82, 2.24) is 15.3 Å². The molecule has 1 atom stereocenters. The van der Waals surface area contributed by atoms with E-state index in [1.807, 2.05) is 12.1 Å². The van der Waals surface area contributed by atoms with Crippen LogP contribution in [0.2, 0.25) is 0 Å². The lowest BCUT2D eigenvalue weighted by atomic mass is 9.93. The van der Waals surface area contributed by atoms with Crippen LogP contribution in [0.5, 0.6) is 0 Å². The number of carbonyl (C=O) groups excluding carboxylic acids is 1. The molecule has 1 aliphatic rings. The van der Waals surface area contributed by atoms with E-state index in [0.29, 0.717) is 18.5 Å². The van der Waals surface area contributed by atoms with Gasteiger partial charge in [0.15, 0.2) is 6.04 Å². The van der Waals surface area contributed by atoms with Crippen molar-refractivity contribution in [2.24, 2.45) is 0 Å². The largest absolute Gasteiger partial charge is 0.479 e. The molecule has 2 N–H and O–H groups in total. The molecule has 19 heavy (non-hydrogen) atoms. The molecular formula is C13H17N3O3. The number of benzene rings is 1. The van der Waals surface area contributed by atoms with Crippen LogP contribution >= 0.6 is 0 Å². The number of nitrogens with zero attached hydrogens (tertiary/aromatic N) is 2. The molecule has 1 unspecified atom stereocenters. The molecule has 0 radical (unpaired) electrons. The van der Waals surface area contributed by atoms with Crippen LogP contribution in [0.15, 0.2) is 24.3 Å². The number of hydrazine groups is 1. The third-order valence-electron chi connectivity index (χ3n) is 3.10. The molecule has 102 valence electrons. The second kappa shape index (κ2) is 5.27. The molecule has 2 rings (SSSR count). The first-order valence-corrected chi connectivity index (χ1v) is 6.06. The summed E-state index contributed by atoms with van der Waals surface area (Å²) in [5.41, 5.74) is 4.26. The minimum atomic E-state index is -1.01. The van der Waals surface area contributed by atoms with E-state index >= 15 is 0 Å². The molecule has 2 amide bonds. The average Bonchev–Trinajstić information content (AvgIpc) is 2.36. The zero-order chi connectivity index (χ0) is 14.0. The average molecular weight is 263 g/mol. The van der Waals surface area contributed by atoms with Gasteiger partial charge in [-0.25, -0.2) is 14.6 Å². The van der Waals surface area contributed by atoms with Crippen molar-refractivity contribution in [2.45, 2.75) is 12.5 Å². The number of carboxylic acids is 1. The van der Waals surface area contributed by atoms with Crippen LogP contribution < -0.4 is 5.43 Å². The van der Waals surface area contributed by atoms with Gasteiger partial charge in [-0.1, -0.05) is 24.3 Å². The first-order valence-electron chi connectivity index (χ1n) is 6.06. The molecule has 0 aliphatic carbocycles. The molecule has 0 aromatic heterocycles. The van der Waals surface area contributed by atoms with E-state index in [-0.39, 0.29) is 0 Å². The van der Waals surface area contributed by atoms with Gasteiger partial charge in [-0.3, -0.25) is 5.43 Å². The van der Waals surface area contributed by atoms with Crippen molar-refractivity contribution in [1.29, 1.82) is 0 Å². The molecular weight excluding hydrogens is 246 g/mol. The molecule has 6 heteroatoms. The summed E-state index contributed by atoms with van der Waals surface area (Å²) in [6.07, 6.45) is 0.667. The van der Waals surface area contributed by atoms with Crippen molar-refractivity contribution in [3.8, 4) is 0 Å². The fourth-order valence-corrected chi connectivity index (χ4v) is 2.31. The molecule has 1 aliphatic heterocycles. The Morgan fingerprint density at radius 2 is 2.05 bits per heavy atom. The van der Waals surface area contributed by atoms with E-state index in [2.05, 4.69) is 5.43 Å². The van der Waals surface area contributed by atoms with E-state index in [9.17, 15) is 14.7 Å². The van der Waals surface area contributed by atoms with Crippen LogP contribution in [0.3, 0.4) is 0 Å². The number of aliphatic carboxylic acids is 1. The fourth-order valence-electron chi connectivity index (χ4n) is 2.31. The lowest BCUT2D eigenvalue weighted by Crippen LogP contribution is -2.51.